The number of rotatable bonds is 0. The summed E-state index contributed by atoms with van der Waals surface area (Å²) in [7, 11) is 0. The summed E-state index contributed by atoms with van der Waals surface area (Å²) < 4.78 is 0. The summed E-state index contributed by atoms with van der Waals surface area (Å²) in [5.41, 5.74) is 0.632. The van der Waals surface area contributed by atoms with Gasteiger partial charge in [-0.25, -0.2) is 0 Å². The molecular weight excluding hydrogens is 174 g/mol. The molecule has 1 aliphatic carbocycles. The lowest BCUT2D eigenvalue weighted by atomic mass is 10.1. The second-order valence-electron chi connectivity index (χ2n) is 4.81. The summed E-state index contributed by atoms with van der Waals surface area (Å²) in [4.78, 5) is 0. The molecule has 1 aliphatic heterocycles. The predicted molar refractivity (Wildman–Crippen MR) is 59.5 cm³/mol. The zero-order chi connectivity index (χ0) is 9.69. The zero-order valence-corrected chi connectivity index (χ0v) is 9.07. The third-order valence-electron chi connectivity index (χ3n) is 3.37. The number of hydrogen-bond acceptors (Lipinski definition) is 3. The highest BCUT2D eigenvalue weighted by Crippen LogP contribution is 2.44. The normalized spacial score (nSPS) is 29.1. The van der Waals surface area contributed by atoms with E-state index in [1.165, 1.54) is 65.0 Å². The molecule has 0 radical (unpaired) electrons. The van der Waals surface area contributed by atoms with Crippen molar-refractivity contribution in [3.63, 3.8) is 0 Å². The lowest BCUT2D eigenvalue weighted by Gasteiger charge is -2.18. The Morgan fingerprint density at radius 1 is 0.643 bits per heavy atom. The fourth-order valence-corrected chi connectivity index (χ4v) is 2.10. The Labute approximate surface area is 87.0 Å². The van der Waals surface area contributed by atoms with Crippen molar-refractivity contribution in [1.82, 2.24) is 16.0 Å². The molecular formula is C11H23N3. The van der Waals surface area contributed by atoms with Crippen molar-refractivity contribution >= 4 is 0 Å². The average Bonchev–Trinajstić information content (AvgIpc) is 2.92. The number of hydrogen-bond donors (Lipinski definition) is 3. The summed E-state index contributed by atoms with van der Waals surface area (Å²) in [6, 6.07) is 0. The van der Waals surface area contributed by atoms with Crippen LogP contribution in [0.3, 0.4) is 0 Å². The molecule has 0 unspecified atom stereocenters. The molecule has 82 valence electrons. The smallest absolute Gasteiger partial charge is 0.00200 e. The SMILES string of the molecule is C1CNCCCNCC2(CC2)CNC1. The molecule has 3 N–H and O–H groups in total. The highest BCUT2D eigenvalue weighted by Gasteiger charge is 2.41. The molecule has 2 aliphatic rings. The fraction of sp³-hybridized carbons (Fsp3) is 1.00. The van der Waals surface area contributed by atoms with Crippen molar-refractivity contribution in [1.29, 1.82) is 0 Å². The van der Waals surface area contributed by atoms with E-state index in [1.54, 1.807) is 0 Å². The molecule has 3 heteroatoms. The van der Waals surface area contributed by atoms with Crippen molar-refractivity contribution in [3.8, 4) is 0 Å². The molecule has 0 bridgehead atoms. The molecule has 1 spiro atoms. The molecule has 2 fully saturated rings. The van der Waals surface area contributed by atoms with Gasteiger partial charge in [0, 0.05) is 13.1 Å². The van der Waals surface area contributed by atoms with Gasteiger partial charge in [-0.1, -0.05) is 0 Å². The highest BCUT2D eigenvalue weighted by molar-refractivity contribution is 4.96. The fourth-order valence-electron chi connectivity index (χ4n) is 2.10. The van der Waals surface area contributed by atoms with Crippen molar-refractivity contribution in [2.24, 2.45) is 5.41 Å². The van der Waals surface area contributed by atoms with E-state index in [1.807, 2.05) is 0 Å². The molecule has 0 atom stereocenters. The van der Waals surface area contributed by atoms with Crippen LogP contribution in [0.4, 0.5) is 0 Å². The van der Waals surface area contributed by atoms with Crippen LogP contribution in [0.15, 0.2) is 0 Å². The maximum absolute atomic E-state index is 3.58. The summed E-state index contributed by atoms with van der Waals surface area (Å²) in [5.74, 6) is 0. The van der Waals surface area contributed by atoms with Crippen LogP contribution in [0, 0.1) is 5.41 Å². The van der Waals surface area contributed by atoms with Crippen LogP contribution in [0.1, 0.15) is 25.7 Å². The topological polar surface area (TPSA) is 36.1 Å². The highest BCUT2D eigenvalue weighted by atomic mass is 15.0. The van der Waals surface area contributed by atoms with E-state index >= 15 is 0 Å². The van der Waals surface area contributed by atoms with E-state index < -0.39 is 0 Å². The Balaban J connectivity index is 1.71. The number of nitrogens with one attached hydrogen (secondary N) is 3. The molecule has 2 rings (SSSR count). The summed E-state index contributed by atoms with van der Waals surface area (Å²) in [6.07, 6.45) is 5.38. The van der Waals surface area contributed by atoms with Crippen LogP contribution in [-0.4, -0.2) is 39.3 Å². The lowest BCUT2D eigenvalue weighted by molar-refractivity contribution is 0.410. The van der Waals surface area contributed by atoms with E-state index in [2.05, 4.69) is 16.0 Å². The van der Waals surface area contributed by atoms with Gasteiger partial charge in [0.15, 0.2) is 0 Å². The van der Waals surface area contributed by atoms with Crippen molar-refractivity contribution in [2.45, 2.75) is 25.7 Å². The zero-order valence-electron chi connectivity index (χ0n) is 9.07. The summed E-state index contributed by atoms with van der Waals surface area (Å²) in [5, 5.41) is 10.6. The second kappa shape index (κ2) is 5.10. The maximum atomic E-state index is 3.58. The maximum Gasteiger partial charge on any atom is 0.00200 e. The van der Waals surface area contributed by atoms with Crippen LogP contribution in [-0.2, 0) is 0 Å². The quantitative estimate of drug-likeness (QED) is 0.524. The van der Waals surface area contributed by atoms with Crippen molar-refractivity contribution < 1.29 is 0 Å². The van der Waals surface area contributed by atoms with Gasteiger partial charge >= 0.3 is 0 Å². The third kappa shape index (κ3) is 3.23. The first-order chi connectivity index (χ1) is 6.91. The van der Waals surface area contributed by atoms with Gasteiger partial charge in [-0.05, 0) is 57.3 Å². The van der Waals surface area contributed by atoms with Crippen LogP contribution >= 0.6 is 0 Å². The molecule has 14 heavy (non-hydrogen) atoms. The Hall–Kier alpha value is -0.120. The van der Waals surface area contributed by atoms with Gasteiger partial charge < -0.3 is 16.0 Å². The summed E-state index contributed by atoms with van der Waals surface area (Å²) >= 11 is 0. The van der Waals surface area contributed by atoms with Crippen molar-refractivity contribution in [3.05, 3.63) is 0 Å². The van der Waals surface area contributed by atoms with Crippen molar-refractivity contribution in [2.75, 3.05) is 39.3 Å². The molecule has 1 saturated carbocycles. The van der Waals surface area contributed by atoms with Crippen LogP contribution in [0.5, 0.6) is 0 Å². The molecule has 0 amide bonds. The Morgan fingerprint density at radius 3 is 1.64 bits per heavy atom. The molecule has 0 aromatic rings. The summed E-state index contributed by atoms with van der Waals surface area (Å²) in [6.45, 7) is 7.13. The van der Waals surface area contributed by atoms with Gasteiger partial charge in [-0.3, -0.25) is 0 Å². The molecule has 0 aromatic heterocycles. The molecule has 0 aromatic carbocycles. The monoisotopic (exact) mass is 197 g/mol. The molecule has 1 saturated heterocycles. The van der Waals surface area contributed by atoms with E-state index in [4.69, 9.17) is 0 Å². The van der Waals surface area contributed by atoms with Crippen LogP contribution in [0.2, 0.25) is 0 Å². The van der Waals surface area contributed by atoms with Crippen LogP contribution in [0.25, 0.3) is 0 Å². The van der Waals surface area contributed by atoms with Gasteiger partial charge in [0.1, 0.15) is 0 Å². The van der Waals surface area contributed by atoms with Crippen LogP contribution < -0.4 is 16.0 Å². The van der Waals surface area contributed by atoms with Gasteiger partial charge in [0.2, 0.25) is 0 Å². The van der Waals surface area contributed by atoms with E-state index in [0.29, 0.717) is 5.41 Å². The lowest BCUT2D eigenvalue weighted by Crippen LogP contribution is -2.36. The van der Waals surface area contributed by atoms with Gasteiger partial charge in [0.25, 0.3) is 0 Å². The Bertz CT molecular complexity index is 152. The van der Waals surface area contributed by atoms with E-state index in [0.717, 1.165) is 0 Å². The Kier molecular flexibility index (Phi) is 3.79. The standard InChI is InChI=1S/C11H23N3/c1-5-12-6-2-8-14-10-11(3-4-11)9-13-7-1/h12-14H,1-10H2. The molecule has 3 nitrogen and oxygen atoms in total. The second-order valence-corrected chi connectivity index (χ2v) is 4.81. The molecule has 1 heterocycles. The van der Waals surface area contributed by atoms with Gasteiger partial charge in [-0.2, -0.15) is 0 Å². The average molecular weight is 197 g/mol. The largest absolute Gasteiger partial charge is 0.317 e. The van der Waals surface area contributed by atoms with E-state index in [-0.39, 0.29) is 0 Å². The first-order valence-electron chi connectivity index (χ1n) is 6.04. The first kappa shape index (κ1) is 10.4. The predicted octanol–water partition coefficient (Wildman–Crippen LogP) is 0.329. The first-order valence-corrected chi connectivity index (χ1v) is 6.04. The third-order valence-corrected chi connectivity index (χ3v) is 3.37. The Morgan fingerprint density at radius 2 is 1.14 bits per heavy atom. The van der Waals surface area contributed by atoms with E-state index in [9.17, 15) is 0 Å². The minimum absolute atomic E-state index is 0.632. The minimum atomic E-state index is 0.632. The van der Waals surface area contributed by atoms with Gasteiger partial charge in [0.05, 0.1) is 0 Å². The van der Waals surface area contributed by atoms with Gasteiger partial charge in [-0.15, -0.1) is 0 Å². The minimum Gasteiger partial charge on any atom is -0.317 e.